The lowest BCUT2D eigenvalue weighted by molar-refractivity contribution is -0.140. The first-order chi connectivity index (χ1) is 17.8. The SMILES string of the molecule is CC[C@]1(OC(=O)Nc2c(F)cnn2-c2ccc(-c3ccc(C4(C(=O)O)CC4)cc3C)cc2)C=CC=CC1. The highest BCUT2D eigenvalue weighted by atomic mass is 19.1. The van der Waals surface area contributed by atoms with Crippen molar-refractivity contribution in [2.45, 2.75) is 50.5 Å². The van der Waals surface area contributed by atoms with E-state index in [-0.39, 0.29) is 5.82 Å². The standard InChI is InChI=1S/C29H28FN3O4/c1-3-28(13-5-4-6-14-28)37-27(36)32-25-24(30)18-31-33(25)22-10-7-20(8-11-22)23-12-9-21(17-19(23)2)29(15-16-29)26(34)35/h4-13,17-18H,3,14-16H2,1-2H3,(H,32,36)(H,34,35)/t28-/m0/s1. The zero-order valence-electron chi connectivity index (χ0n) is 20.7. The van der Waals surface area contributed by atoms with Gasteiger partial charge in [-0.1, -0.05) is 55.5 Å². The van der Waals surface area contributed by atoms with E-state index < -0.39 is 28.9 Å². The highest BCUT2D eigenvalue weighted by molar-refractivity contribution is 5.86. The molecule has 0 aliphatic heterocycles. The number of anilines is 1. The summed E-state index contributed by atoms with van der Waals surface area (Å²) in [5.41, 5.74) is 2.76. The molecule has 5 rings (SSSR count). The van der Waals surface area contributed by atoms with Crippen LogP contribution in [0.5, 0.6) is 0 Å². The first-order valence-electron chi connectivity index (χ1n) is 12.3. The van der Waals surface area contributed by atoms with Crippen molar-refractivity contribution in [3.63, 3.8) is 0 Å². The number of carbonyl (C=O) groups is 2. The Morgan fingerprint density at radius 3 is 2.51 bits per heavy atom. The number of carbonyl (C=O) groups excluding carboxylic acids is 1. The number of amides is 1. The lowest BCUT2D eigenvalue weighted by Gasteiger charge is -2.29. The monoisotopic (exact) mass is 501 g/mol. The van der Waals surface area contributed by atoms with Gasteiger partial charge in [0.05, 0.1) is 17.3 Å². The quantitative estimate of drug-likeness (QED) is 0.395. The molecular weight excluding hydrogens is 473 g/mol. The Balaban J connectivity index is 1.35. The molecule has 8 heteroatoms. The number of carboxylic acids is 1. The number of allylic oxidation sites excluding steroid dienone is 2. The summed E-state index contributed by atoms with van der Waals surface area (Å²) in [6.07, 6.45) is 10.2. The molecule has 0 saturated heterocycles. The Morgan fingerprint density at radius 2 is 1.92 bits per heavy atom. The molecule has 0 spiro atoms. The van der Waals surface area contributed by atoms with Gasteiger partial charge in [0, 0.05) is 6.42 Å². The van der Waals surface area contributed by atoms with Gasteiger partial charge in [-0.25, -0.2) is 13.9 Å². The number of nitrogens with zero attached hydrogens (tertiary/aromatic N) is 2. The highest BCUT2D eigenvalue weighted by Gasteiger charge is 2.51. The van der Waals surface area contributed by atoms with Crippen LogP contribution in [0.1, 0.15) is 43.7 Å². The summed E-state index contributed by atoms with van der Waals surface area (Å²) in [7, 11) is 0. The molecule has 2 aromatic carbocycles. The molecule has 0 bridgehead atoms. The van der Waals surface area contributed by atoms with Gasteiger partial charge in [-0.3, -0.25) is 10.1 Å². The van der Waals surface area contributed by atoms with E-state index in [4.69, 9.17) is 4.74 Å². The van der Waals surface area contributed by atoms with Gasteiger partial charge in [0.1, 0.15) is 5.60 Å². The molecule has 37 heavy (non-hydrogen) atoms. The van der Waals surface area contributed by atoms with Gasteiger partial charge in [-0.15, -0.1) is 0 Å². The van der Waals surface area contributed by atoms with Crippen LogP contribution in [0.3, 0.4) is 0 Å². The molecule has 2 aliphatic rings. The van der Waals surface area contributed by atoms with Crippen molar-refractivity contribution in [2.24, 2.45) is 0 Å². The van der Waals surface area contributed by atoms with E-state index in [9.17, 15) is 19.1 Å². The maximum absolute atomic E-state index is 14.6. The van der Waals surface area contributed by atoms with Gasteiger partial charge in [-0.05, 0) is 66.6 Å². The topological polar surface area (TPSA) is 93.5 Å². The summed E-state index contributed by atoms with van der Waals surface area (Å²) < 4.78 is 21.6. The summed E-state index contributed by atoms with van der Waals surface area (Å²) in [5, 5.41) is 16.2. The summed E-state index contributed by atoms with van der Waals surface area (Å²) in [4.78, 5) is 24.3. The van der Waals surface area contributed by atoms with Gasteiger partial charge in [0.15, 0.2) is 11.6 Å². The van der Waals surface area contributed by atoms with Crippen molar-refractivity contribution in [3.05, 3.63) is 89.9 Å². The van der Waals surface area contributed by atoms with E-state index in [0.717, 1.165) is 28.5 Å². The van der Waals surface area contributed by atoms with Crippen molar-refractivity contribution >= 4 is 17.9 Å². The molecule has 2 N–H and O–H groups in total. The second-order valence-corrected chi connectivity index (χ2v) is 9.64. The Hall–Kier alpha value is -4.20. The smallest absolute Gasteiger partial charge is 0.413 e. The number of carboxylic acid groups (broad SMARTS) is 1. The maximum Gasteiger partial charge on any atom is 0.413 e. The van der Waals surface area contributed by atoms with Crippen LogP contribution in [0.25, 0.3) is 16.8 Å². The van der Waals surface area contributed by atoms with E-state index in [2.05, 4.69) is 10.4 Å². The Bertz CT molecular complexity index is 1420. The lowest BCUT2D eigenvalue weighted by Crippen LogP contribution is -2.35. The second kappa shape index (κ2) is 9.35. The van der Waals surface area contributed by atoms with Crippen LogP contribution in [-0.2, 0) is 14.9 Å². The number of halogens is 1. The van der Waals surface area contributed by atoms with E-state index in [1.165, 1.54) is 4.68 Å². The van der Waals surface area contributed by atoms with Crippen molar-refractivity contribution < 1.29 is 23.8 Å². The van der Waals surface area contributed by atoms with Gasteiger partial charge in [-0.2, -0.15) is 5.10 Å². The third-order valence-corrected chi connectivity index (χ3v) is 7.31. The third-order valence-electron chi connectivity index (χ3n) is 7.31. The molecule has 1 aromatic heterocycles. The fraction of sp³-hybridized carbons (Fsp3) is 0.276. The average molecular weight is 502 g/mol. The molecule has 1 amide bonds. The molecule has 2 aliphatic carbocycles. The fourth-order valence-corrected chi connectivity index (χ4v) is 4.82. The van der Waals surface area contributed by atoms with Gasteiger partial charge >= 0.3 is 12.1 Å². The molecule has 1 fully saturated rings. The predicted octanol–water partition coefficient (Wildman–Crippen LogP) is 6.32. The normalized spacial score (nSPS) is 19.4. The van der Waals surface area contributed by atoms with Crippen LogP contribution in [0.2, 0.25) is 0 Å². The molecule has 1 heterocycles. The van der Waals surface area contributed by atoms with Crippen molar-refractivity contribution in [3.8, 4) is 16.8 Å². The van der Waals surface area contributed by atoms with E-state index in [0.29, 0.717) is 31.4 Å². The number of nitrogens with one attached hydrogen (secondary N) is 1. The Labute approximate surface area is 214 Å². The molecular formula is C29H28FN3O4. The van der Waals surface area contributed by atoms with Crippen LogP contribution < -0.4 is 5.32 Å². The largest absolute Gasteiger partial charge is 0.481 e. The summed E-state index contributed by atoms with van der Waals surface area (Å²) in [6, 6.07) is 13.1. The number of benzene rings is 2. The molecule has 1 atom stereocenters. The van der Waals surface area contributed by atoms with E-state index in [1.54, 1.807) is 12.1 Å². The zero-order chi connectivity index (χ0) is 26.2. The minimum absolute atomic E-state index is 0.108. The first kappa shape index (κ1) is 24.5. The van der Waals surface area contributed by atoms with Crippen LogP contribution in [-0.4, -0.2) is 32.6 Å². The number of aromatic nitrogens is 2. The molecule has 0 unspecified atom stereocenters. The van der Waals surface area contributed by atoms with Crippen molar-refractivity contribution in [2.75, 3.05) is 5.32 Å². The second-order valence-electron chi connectivity index (χ2n) is 9.64. The van der Waals surface area contributed by atoms with Crippen LogP contribution in [0.4, 0.5) is 15.0 Å². The van der Waals surface area contributed by atoms with E-state index in [1.807, 2.05) is 68.5 Å². The Morgan fingerprint density at radius 1 is 1.16 bits per heavy atom. The van der Waals surface area contributed by atoms with E-state index >= 15 is 0 Å². The van der Waals surface area contributed by atoms with Gasteiger partial charge < -0.3 is 9.84 Å². The van der Waals surface area contributed by atoms with Gasteiger partial charge in [0.25, 0.3) is 0 Å². The highest BCUT2D eigenvalue weighted by Crippen LogP contribution is 2.49. The third kappa shape index (κ3) is 4.55. The van der Waals surface area contributed by atoms with Crippen LogP contribution in [0.15, 0.2) is 73.0 Å². The molecule has 0 radical (unpaired) electrons. The minimum Gasteiger partial charge on any atom is -0.481 e. The molecule has 190 valence electrons. The summed E-state index contributed by atoms with van der Waals surface area (Å²) in [6.45, 7) is 3.89. The number of rotatable bonds is 7. The number of ether oxygens (including phenoxy) is 1. The first-order valence-corrected chi connectivity index (χ1v) is 12.3. The number of aliphatic carboxylic acids is 1. The molecule has 7 nitrogen and oxygen atoms in total. The fourth-order valence-electron chi connectivity index (χ4n) is 4.82. The summed E-state index contributed by atoms with van der Waals surface area (Å²) >= 11 is 0. The maximum atomic E-state index is 14.6. The van der Waals surface area contributed by atoms with Crippen LogP contribution in [0, 0.1) is 12.7 Å². The predicted molar refractivity (Wildman–Crippen MR) is 138 cm³/mol. The number of aryl methyl sites for hydroxylation is 1. The molecule has 1 saturated carbocycles. The van der Waals surface area contributed by atoms with Gasteiger partial charge in [0.2, 0.25) is 0 Å². The zero-order valence-corrected chi connectivity index (χ0v) is 20.7. The lowest BCUT2D eigenvalue weighted by atomic mass is 9.91. The summed E-state index contributed by atoms with van der Waals surface area (Å²) in [5.74, 6) is -1.56. The number of hydrogen-bond acceptors (Lipinski definition) is 4. The molecule has 3 aromatic rings. The number of hydrogen-bond donors (Lipinski definition) is 2. The Kier molecular flexibility index (Phi) is 6.19. The van der Waals surface area contributed by atoms with Crippen molar-refractivity contribution in [1.82, 2.24) is 9.78 Å². The van der Waals surface area contributed by atoms with Crippen LogP contribution >= 0.6 is 0 Å². The minimum atomic E-state index is -0.777. The average Bonchev–Trinajstić information content (AvgIpc) is 3.64. The van der Waals surface area contributed by atoms with Crippen molar-refractivity contribution in [1.29, 1.82) is 0 Å².